The van der Waals surface area contributed by atoms with Crippen LogP contribution < -0.4 is 10.1 Å². The van der Waals surface area contributed by atoms with Gasteiger partial charge in [0, 0.05) is 36.3 Å². The van der Waals surface area contributed by atoms with Gasteiger partial charge in [0.25, 0.3) is 11.8 Å². The zero-order valence-electron chi connectivity index (χ0n) is 18.8. The molecule has 0 saturated carbocycles. The fourth-order valence-corrected chi connectivity index (χ4v) is 4.34. The molecule has 170 valence electrons. The van der Waals surface area contributed by atoms with E-state index in [0.717, 1.165) is 16.5 Å². The van der Waals surface area contributed by atoms with E-state index in [1.54, 1.807) is 47.9 Å². The normalized spacial score (nSPS) is 15.0. The first-order valence-electron chi connectivity index (χ1n) is 10.6. The molecule has 1 aliphatic heterocycles. The smallest absolute Gasteiger partial charge is 0.287 e. The van der Waals surface area contributed by atoms with Crippen LogP contribution in [0.25, 0.3) is 16.5 Å². The van der Waals surface area contributed by atoms with Crippen LogP contribution >= 0.6 is 0 Å². The summed E-state index contributed by atoms with van der Waals surface area (Å²) in [5.74, 6) is 0.898. The molecule has 0 spiro atoms. The van der Waals surface area contributed by atoms with Gasteiger partial charge in [0.05, 0.1) is 30.5 Å². The van der Waals surface area contributed by atoms with Gasteiger partial charge in [-0.3, -0.25) is 9.59 Å². The molecule has 9 nitrogen and oxygen atoms in total. The van der Waals surface area contributed by atoms with Gasteiger partial charge >= 0.3 is 0 Å². The summed E-state index contributed by atoms with van der Waals surface area (Å²) in [5.41, 5.74) is 2.40. The minimum Gasteiger partial charge on any atom is -0.455 e. The number of likely N-dealkylation sites (tertiary alicyclic amines) is 1. The Hall–Kier alpha value is -3.85. The van der Waals surface area contributed by atoms with Gasteiger partial charge in [-0.2, -0.15) is 5.10 Å². The number of ether oxygens (including phenoxy) is 1. The Labute approximate surface area is 189 Å². The van der Waals surface area contributed by atoms with Crippen LogP contribution in [-0.4, -0.2) is 57.2 Å². The number of aryl methyl sites for hydroxylation is 2. The van der Waals surface area contributed by atoms with Crippen molar-refractivity contribution in [2.45, 2.75) is 26.4 Å². The van der Waals surface area contributed by atoms with Gasteiger partial charge in [-0.25, -0.2) is 4.52 Å². The van der Waals surface area contributed by atoms with Crippen LogP contribution in [0.1, 0.15) is 39.0 Å². The summed E-state index contributed by atoms with van der Waals surface area (Å²) in [6, 6.07) is 7.13. The topological polar surface area (TPSA) is 109 Å². The summed E-state index contributed by atoms with van der Waals surface area (Å²) in [5, 5.41) is 17.7. The van der Waals surface area contributed by atoms with Crippen molar-refractivity contribution in [1.82, 2.24) is 19.8 Å². The number of amides is 2. The maximum Gasteiger partial charge on any atom is 0.287 e. The van der Waals surface area contributed by atoms with Gasteiger partial charge in [0.15, 0.2) is 11.5 Å². The van der Waals surface area contributed by atoms with Gasteiger partial charge in [0.2, 0.25) is 0 Å². The summed E-state index contributed by atoms with van der Waals surface area (Å²) < 4.78 is 13.5. The standard InChI is InChI=1S/C24H24N4O5/c1-13-17(23(30)27-11-24(3,31)12-27)10-28-20(13)18(7-8-26-28)32-15-5-6-16-14(2)21(22(29)25-4)33-19(16)9-15/h5-10,31H,11-12H2,1-4H3,(H,25,29). The van der Waals surface area contributed by atoms with Crippen molar-refractivity contribution in [3.63, 3.8) is 0 Å². The molecule has 4 heterocycles. The second-order valence-corrected chi connectivity index (χ2v) is 8.71. The molecule has 2 N–H and O–H groups in total. The van der Waals surface area contributed by atoms with Crippen molar-refractivity contribution in [3.05, 3.63) is 59.1 Å². The van der Waals surface area contributed by atoms with Gasteiger partial charge in [-0.1, -0.05) is 0 Å². The van der Waals surface area contributed by atoms with E-state index in [0.29, 0.717) is 41.3 Å². The number of β-amino-alcohol motifs (C(OH)–C–C–N with tert-alkyl or cyclic N) is 1. The van der Waals surface area contributed by atoms with E-state index < -0.39 is 5.60 Å². The third kappa shape index (κ3) is 3.41. The van der Waals surface area contributed by atoms with Crippen molar-refractivity contribution < 1.29 is 23.8 Å². The number of aliphatic hydroxyl groups is 1. The van der Waals surface area contributed by atoms with E-state index in [1.165, 1.54) is 0 Å². The predicted octanol–water partition coefficient (Wildman–Crippen LogP) is 3.06. The van der Waals surface area contributed by atoms with Crippen molar-refractivity contribution in [3.8, 4) is 11.5 Å². The van der Waals surface area contributed by atoms with Crippen LogP contribution in [0.2, 0.25) is 0 Å². The number of rotatable bonds is 4. The number of benzene rings is 1. The first kappa shape index (κ1) is 21.0. The largest absolute Gasteiger partial charge is 0.455 e. The molecule has 0 aliphatic carbocycles. The average molecular weight is 448 g/mol. The zero-order valence-corrected chi connectivity index (χ0v) is 18.8. The average Bonchev–Trinajstić information content (AvgIpc) is 3.28. The minimum absolute atomic E-state index is 0.148. The molecule has 3 aromatic heterocycles. The van der Waals surface area contributed by atoms with Gasteiger partial charge in [-0.15, -0.1) is 0 Å². The number of fused-ring (bicyclic) bond motifs is 2. The Morgan fingerprint density at radius 3 is 2.67 bits per heavy atom. The number of nitrogens with one attached hydrogen (secondary N) is 1. The molecule has 0 unspecified atom stereocenters. The maximum atomic E-state index is 12.9. The van der Waals surface area contributed by atoms with Crippen LogP contribution in [-0.2, 0) is 0 Å². The van der Waals surface area contributed by atoms with E-state index in [9.17, 15) is 14.7 Å². The monoisotopic (exact) mass is 448 g/mol. The Morgan fingerprint density at radius 1 is 1.21 bits per heavy atom. The Balaban J connectivity index is 1.49. The Morgan fingerprint density at radius 2 is 1.97 bits per heavy atom. The number of hydrogen-bond donors (Lipinski definition) is 2. The van der Waals surface area contributed by atoms with E-state index in [1.807, 2.05) is 26.0 Å². The van der Waals surface area contributed by atoms with Gasteiger partial charge < -0.3 is 24.5 Å². The highest BCUT2D eigenvalue weighted by Crippen LogP contribution is 2.34. The number of nitrogens with zero attached hydrogens (tertiary/aromatic N) is 3. The van der Waals surface area contributed by atoms with Crippen molar-refractivity contribution >= 4 is 28.3 Å². The van der Waals surface area contributed by atoms with E-state index in [-0.39, 0.29) is 17.6 Å². The summed E-state index contributed by atoms with van der Waals surface area (Å²) in [4.78, 5) is 26.6. The number of aromatic nitrogens is 2. The lowest BCUT2D eigenvalue weighted by Crippen LogP contribution is -2.61. The lowest BCUT2D eigenvalue weighted by Gasteiger charge is -2.44. The molecular formula is C24H24N4O5. The molecule has 2 amide bonds. The zero-order chi connectivity index (χ0) is 23.5. The minimum atomic E-state index is -0.838. The van der Waals surface area contributed by atoms with Crippen LogP contribution in [0.15, 0.2) is 41.1 Å². The molecule has 5 rings (SSSR count). The molecule has 1 fully saturated rings. The maximum absolute atomic E-state index is 12.9. The van der Waals surface area contributed by atoms with E-state index in [4.69, 9.17) is 9.15 Å². The highest BCUT2D eigenvalue weighted by atomic mass is 16.5. The molecule has 0 atom stereocenters. The number of hydrogen-bond acceptors (Lipinski definition) is 6. The molecule has 9 heteroatoms. The third-order valence-electron chi connectivity index (χ3n) is 6.04. The quantitative estimate of drug-likeness (QED) is 0.497. The van der Waals surface area contributed by atoms with Gasteiger partial charge in [-0.05, 0) is 38.5 Å². The third-order valence-corrected chi connectivity index (χ3v) is 6.04. The van der Waals surface area contributed by atoms with Gasteiger partial charge in [0.1, 0.15) is 16.8 Å². The summed E-state index contributed by atoms with van der Waals surface area (Å²) in [6.45, 7) is 6.00. The molecule has 4 aromatic rings. The second kappa shape index (κ2) is 7.35. The summed E-state index contributed by atoms with van der Waals surface area (Å²) in [7, 11) is 1.56. The van der Waals surface area contributed by atoms with E-state index >= 15 is 0 Å². The van der Waals surface area contributed by atoms with Crippen molar-refractivity contribution in [2.24, 2.45) is 0 Å². The molecule has 1 saturated heterocycles. The first-order chi connectivity index (χ1) is 15.7. The van der Waals surface area contributed by atoms with E-state index in [2.05, 4.69) is 10.4 Å². The Kier molecular flexibility index (Phi) is 4.68. The fraction of sp³-hybridized carbons (Fsp3) is 0.292. The molecule has 0 bridgehead atoms. The second-order valence-electron chi connectivity index (χ2n) is 8.71. The van der Waals surface area contributed by atoms with Crippen LogP contribution in [0.4, 0.5) is 0 Å². The van der Waals surface area contributed by atoms with Crippen LogP contribution in [0.3, 0.4) is 0 Å². The summed E-state index contributed by atoms with van der Waals surface area (Å²) >= 11 is 0. The Bertz CT molecular complexity index is 1420. The molecule has 0 radical (unpaired) electrons. The number of carbonyl (C=O) groups excluding carboxylic acids is 2. The number of furan rings is 1. The van der Waals surface area contributed by atoms with Crippen LogP contribution in [0.5, 0.6) is 11.5 Å². The highest BCUT2D eigenvalue weighted by molar-refractivity contribution is 6.00. The van der Waals surface area contributed by atoms with Crippen molar-refractivity contribution in [1.29, 1.82) is 0 Å². The molecule has 1 aliphatic rings. The SMILES string of the molecule is CNC(=O)c1oc2cc(Oc3ccnn4cc(C(=O)N5CC(C)(O)C5)c(C)c34)ccc2c1C. The fourth-order valence-electron chi connectivity index (χ4n) is 4.34. The lowest BCUT2D eigenvalue weighted by molar-refractivity contribution is -0.0669. The molecule has 1 aromatic carbocycles. The van der Waals surface area contributed by atoms with Crippen molar-refractivity contribution in [2.75, 3.05) is 20.1 Å². The number of carbonyl (C=O) groups is 2. The summed E-state index contributed by atoms with van der Waals surface area (Å²) in [6.07, 6.45) is 3.28. The molecule has 33 heavy (non-hydrogen) atoms. The molecular weight excluding hydrogens is 424 g/mol. The lowest BCUT2D eigenvalue weighted by atomic mass is 9.96. The first-order valence-corrected chi connectivity index (χ1v) is 10.6. The predicted molar refractivity (Wildman–Crippen MR) is 121 cm³/mol. The van der Waals surface area contributed by atoms with Crippen LogP contribution in [0, 0.1) is 13.8 Å². The highest BCUT2D eigenvalue weighted by Gasteiger charge is 2.40.